The number of nitrogens with zero attached hydrogens (tertiary/aromatic N) is 2. The maximum absolute atomic E-state index is 12.7. The smallest absolute Gasteiger partial charge is 0.236 e. The van der Waals surface area contributed by atoms with Crippen molar-refractivity contribution in [2.24, 2.45) is 16.3 Å². The molecule has 0 radical (unpaired) electrons. The number of amidine groups is 1. The minimum atomic E-state index is -0.962. The molecule has 0 saturated heterocycles. The Labute approximate surface area is 114 Å². The Morgan fingerprint density at radius 2 is 1.95 bits per heavy atom. The maximum Gasteiger partial charge on any atom is 0.236 e. The fraction of sp³-hybridized carbons (Fsp3) is 0.846. The molecule has 1 aliphatic rings. The molecule has 19 heavy (non-hydrogen) atoms. The first-order chi connectivity index (χ1) is 8.77. The van der Waals surface area contributed by atoms with Gasteiger partial charge in [-0.25, -0.2) is 0 Å². The van der Waals surface area contributed by atoms with E-state index in [-0.39, 0.29) is 18.3 Å². The van der Waals surface area contributed by atoms with E-state index >= 15 is 0 Å². The van der Waals surface area contributed by atoms with Crippen molar-refractivity contribution in [1.29, 1.82) is 0 Å². The SMILES string of the molecule is CCN(CC(C)(C)O)C(=O)C1(C(N)=NO)CCCC1. The van der Waals surface area contributed by atoms with Crippen LogP contribution in [0.2, 0.25) is 0 Å². The van der Waals surface area contributed by atoms with E-state index in [0.29, 0.717) is 19.4 Å². The Bertz CT molecular complexity index is 355. The Hall–Kier alpha value is -1.30. The van der Waals surface area contributed by atoms with E-state index in [1.807, 2.05) is 6.92 Å². The number of amides is 1. The van der Waals surface area contributed by atoms with E-state index in [1.165, 1.54) is 0 Å². The fourth-order valence-corrected chi connectivity index (χ4v) is 2.75. The molecule has 0 spiro atoms. The summed E-state index contributed by atoms with van der Waals surface area (Å²) in [4.78, 5) is 14.3. The molecule has 4 N–H and O–H groups in total. The maximum atomic E-state index is 12.7. The lowest BCUT2D eigenvalue weighted by molar-refractivity contribution is -0.141. The minimum Gasteiger partial charge on any atom is -0.409 e. The van der Waals surface area contributed by atoms with Gasteiger partial charge in [0.15, 0.2) is 5.84 Å². The summed E-state index contributed by atoms with van der Waals surface area (Å²) in [6, 6.07) is 0. The zero-order valence-electron chi connectivity index (χ0n) is 12.0. The summed E-state index contributed by atoms with van der Waals surface area (Å²) in [6.45, 7) is 5.91. The number of likely N-dealkylation sites (N-methyl/N-ethyl adjacent to an activating group) is 1. The van der Waals surface area contributed by atoms with Gasteiger partial charge in [-0.15, -0.1) is 0 Å². The first kappa shape index (κ1) is 15.8. The number of oxime groups is 1. The van der Waals surface area contributed by atoms with Gasteiger partial charge in [0.1, 0.15) is 5.41 Å². The van der Waals surface area contributed by atoms with E-state index in [9.17, 15) is 9.90 Å². The Morgan fingerprint density at radius 1 is 1.42 bits per heavy atom. The molecule has 0 atom stereocenters. The zero-order valence-corrected chi connectivity index (χ0v) is 12.0. The fourth-order valence-electron chi connectivity index (χ4n) is 2.75. The van der Waals surface area contributed by atoms with E-state index in [1.54, 1.807) is 18.7 Å². The summed E-state index contributed by atoms with van der Waals surface area (Å²) in [5.74, 6) is -0.158. The predicted molar refractivity (Wildman–Crippen MR) is 72.9 cm³/mol. The third-order valence-corrected chi connectivity index (χ3v) is 3.71. The molecule has 110 valence electrons. The van der Waals surface area contributed by atoms with Crippen LogP contribution in [0.4, 0.5) is 0 Å². The van der Waals surface area contributed by atoms with Crippen LogP contribution in [0.3, 0.4) is 0 Å². The third kappa shape index (κ3) is 3.37. The largest absolute Gasteiger partial charge is 0.409 e. The molecule has 0 aromatic carbocycles. The van der Waals surface area contributed by atoms with Crippen LogP contribution in [-0.2, 0) is 4.79 Å². The van der Waals surface area contributed by atoms with Gasteiger partial charge in [-0.05, 0) is 33.6 Å². The summed E-state index contributed by atoms with van der Waals surface area (Å²) in [5, 5.41) is 21.9. The number of carbonyl (C=O) groups is 1. The van der Waals surface area contributed by atoms with Crippen molar-refractivity contribution in [3.63, 3.8) is 0 Å². The third-order valence-electron chi connectivity index (χ3n) is 3.71. The molecule has 6 heteroatoms. The van der Waals surface area contributed by atoms with Crippen molar-refractivity contribution in [3.8, 4) is 0 Å². The molecule has 1 fully saturated rings. The predicted octanol–water partition coefficient (Wildman–Crippen LogP) is 0.913. The van der Waals surface area contributed by atoms with Crippen LogP contribution in [-0.4, -0.2) is 45.6 Å². The summed E-state index contributed by atoms with van der Waals surface area (Å²) >= 11 is 0. The van der Waals surface area contributed by atoms with Crippen LogP contribution in [0.15, 0.2) is 5.16 Å². The van der Waals surface area contributed by atoms with Crippen LogP contribution in [0.25, 0.3) is 0 Å². The van der Waals surface area contributed by atoms with Gasteiger partial charge in [0.05, 0.1) is 5.60 Å². The summed E-state index contributed by atoms with van der Waals surface area (Å²) in [5.41, 5.74) is 3.91. The van der Waals surface area contributed by atoms with E-state index < -0.39 is 11.0 Å². The minimum absolute atomic E-state index is 0.0100. The second-order valence-corrected chi connectivity index (χ2v) is 5.91. The average Bonchev–Trinajstić information content (AvgIpc) is 2.83. The monoisotopic (exact) mass is 271 g/mol. The van der Waals surface area contributed by atoms with Gasteiger partial charge in [0.2, 0.25) is 5.91 Å². The number of hydrogen-bond donors (Lipinski definition) is 3. The molecule has 1 aliphatic carbocycles. The van der Waals surface area contributed by atoms with Crippen LogP contribution in [0.5, 0.6) is 0 Å². The molecular weight excluding hydrogens is 246 g/mol. The van der Waals surface area contributed by atoms with Crippen molar-refractivity contribution in [3.05, 3.63) is 0 Å². The van der Waals surface area contributed by atoms with Crippen molar-refractivity contribution >= 4 is 11.7 Å². The normalized spacial score (nSPS) is 19.5. The number of carbonyl (C=O) groups excluding carboxylic acids is 1. The molecule has 0 unspecified atom stereocenters. The molecule has 0 heterocycles. The quantitative estimate of drug-likeness (QED) is 0.299. The van der Waals surface area contributed by atoms with Gasteiger partial charge in [-0.1, -0.05) is 18.0 Å². The van der Waals surface area contributed by atoms with Gasteiger partial charge < -0.3 is 20.9 Å². The molecule has 0 bridgehead atoms. The lowest BCUT2D eigenvalue weighted by Crippen LogP contribution is -2.53. The standard InChI is InChI=1S/C13H25N3O3/c1-4-16(9-12(2,3)18)11(17)13(10(14)15-19)7-5-6-8-13/h18-19H,4-9H2,1-3H3,(H2,14,15). The van der Waals surface area contributed by atoms with Gasteiger partial charge in [-0.2, -0.15) is 0 Å². The first-order valence-corrected chi connectivity index (χ1v) is 6.76. The number of hydrogen-bond acceptors (Lipinski definition) is 4. The van der Waals surface area contributed by atoms with Crippen LogP contribution in [0, 0.1) is 5.41 Å². The van der Waals surface area contributed by atoms with Gasteiger partial charge >= 0.3 is 0 Å². The Balaban J connectivity index is 2.99. The highest BCUT2D eigenvalue weighted by Crippen LogP contribution is 2.40. The van der Waals surface area contributed by atoms with Gasteiger partial charge in [0.25, 0.3) is 0 Å². The van der Waals surface area contributed by atoms with Crippen molar-refractivity contribution < 1.29 is 15.1 Å². The van der Waals surface area contributed by atoms with Crippen LogP contribution >= 0.6 is 0 Å². The lowest BCUT2D eigenvalue weighted by atomic mass is 9.83. The second-order valence-electron chi connectivity index (χ2n) is 5.91. The van der Waals surface area contributed by atoms with E-state index in [0.717, 1.165) is 12.8 Å². The van der Waals surface area contributed by atoms with Gasteiger partial charge in [0, 0.05) is 13.1 Å². The highest BCUT2D eigenvalue weighted by Gasteiger charge is 2.47. The van der Waals surface area contributed by atoms with Gasteiger partial charge in [-0.3, -0.25) is 4.79 Å². The topological polar surface area (TPSA) is 99.2 Å². The highest BCUT2D eigenvalue weighted by molar-refractivity contribution is 6.07. The number of nitrogens with two attached hydrogens (primary N) is 1. The molecule has 1 amide bonds. The van der Waals surface area contributed by atoms with Crippen molar-refractivity contribution in [2.45, 2.75) is 52.1 Å². The lowest BCUT2D eigenvalue weighted by Gasteiger charge is -2.35. The molecule has 0 aromatic rings. The molecule has 6 nitrogen and oxygen atoms in total. The van der Waals surface area contributed by atoms with Crippen LogP contribution < -0.4 is 5.73 Å². The average molecular weight is 271 g/mol. The van der Waals surface area contributed by atoms with E-state index in [4.69, 9.17) is 10.9 Å². The molecule has 1 rings (SSSR count). The molecule has 0 aliphatic heterocycles. The molecular formula is C13H25N3O3. The number of rotatable bonds is 5. The Morgan fingerprint density at radius 3 is 2.32 bits per heavy atom. The first-order valence-electron chi connectivity index (χ1n) is 6.76. The summed E-state index contributed by atoms with van der Waals surface area (Å²) in [6.07, 6.45) is 2.98. The number of aliphatic hydroxyl groups is 1. The summed E-state index contributed by atoms with van der Waals surface area (Å²) < 4.78 is 0. The molecule has 1 saturated carbocycles. The summed E-state index contributed by atoms with van der Waals surface area (Å²) in [7, 11) is 0. The van der Waals surface area contributed by atoms with Crippen LogP contribution in [0.1, 0.15) is 46.5 Å². The highest BCUT2D eigenvalue weighted by atomic mass is 16.4. The van der Waals surface area contributed by atoms with Crippen molar-refractivity contribution in [1.82, 2.24) is 4.90 Å². The van der Waals surface area contributed by atoms with E-state index in [2.05, 4.69) is 5.16 Å². The van der Waals surface area contributed by atoms with Crippen molar-refractivity contribution in [2.75, 3.05) is 13.1 Å². The molecule has 0 aromatic heterocycles. The second kappa shape index (κ2) is 5.77. The zero-order chi connectivity index (χ0) is 14.7. The Kier molecular flexibility index (Phi) is 4.79.